The lowest BCUT2D eigenvalue weighted by molar-refractivity contribution is 0.0673. The van der Waals surface area contributed by atoms with E-state index in [-0.39, 0.29) is 12.0 Å². The number of amides is 1. The van der Waals surface area contributed by atoms with Gasteiger partial charge in [-0.05, 0) is 31.5 Å². The molecule has 1 amide bonds. The molecule has 0 spiro atoms. The zero-order chi connectivity index (χ0) is 14.2. The minimum absolute atomic E-state index is 0.163. The van der Waals surface area contributed by atoms with Gasteiger partial charge in [-0.3, -0.25) is 4.79 Å². The molecule has 0 bridgehead atoms. The fourth-order valence-electron chi connectivity index (χ4n) is 3.36. The lowest BCUT2D eigenvalue weighted by atomic mass is 10.1. The Balaban J connectivity index is 1.57. The highest BCUT2D eigenvalue weighted by Crippen LogP contribution is 2.33. The first-order valence-electron chi connectivity index (χ1n) is 7.84. The van der Waals surface area contributed by atoms with Crippen LogP contribution in [0.2, 0.25) is 0 Å². The van der Waals surface area contributed by atoms with E-state index >= 15 is 0 Å². The molecule has 3 aliphatic heterocycles. The number of carbonyl (C=O) groups is 1. The van der Waals surface area contributed by atoms with E-state index in [0.29, 0.717) is 12.6 Å². The molecule has 5 heteroatoms. The van der Waals surface area contributed by atoms with Crippen molar-refractivity contribution < 1.29 is 9.53 Å². The fourth-order valence-corrected chi connectivity index (χ4v) is 3.36. The minimum atomic E-state index is 0.163. The predicted molar refractivity (Wildman–Crippen MR) is 79.5 cm³/mol. The van der Waals surface area contributed by atoms with Gasteiger partial charge in [-0.25, -0.2) is 0 Å². The van der Waals surface area contributed by atoms with Gasteiger partial charge in [-0.1, -0.05) is 6.07 Å². The van der Waals surface area contributed by atoms with Gasteiger partial charge in [0.1, 0.15) is 11.9 Å². The van der Waals surface area contributed by atoms with Crippen molar-refractivity contribution in [1.82, 2.24) is 15.5 Å². The number of rotatable bonds is 3. The molecule has 3 heterocycles. The standard InChI is InChI=1S/C16H21N3O2/c20-16-13-4-1-5-15(21-12-8-18-9-12)14(13)10-19(16)11-3-2-6-17-7-11/h1,4-5,11-12,17-18H,2-3,6-10H2. The molecule has 5 nitrogen and oxygen atoms in total. The van der Waals surface area contributed by atoms with Gasteiger partial charge in [0.15, 0.2) is 0 Å². The van der Waals surface area contributed by atoms with Crippen molar-refractivity contribution in [2.24, 2.45) is 0 Å². The highest BCUT2D eigenvalue weighted by Gasteiger charge is 2.35. The maximum Gasteiger partial charge on any atom is 0.254 e. The van der Waals surface area contributed by atoms with Gasteiger partial charge in [0, 0.05) is 36.8 Å². The van der Waals surface area contributed by atoms with Gasteiger partial charge in [0.05, 0.1) is 6.54 Å². The third-order valence-electron chi connectivity index (χ3n) is 4.70. The first-order valence-corrected chi connectivity index (χ1v) is 7.84. The molecule has 2 saturated heterocycles. The molecule has 0 aliphatic carbocycles. The SMILES string of the molecule is O=C1c2cccc(OC3CNC3)c2CN1C1CCCNC1. The molecule has 4 rings (SSSR count). The number of piperidine rings is 1. The number of nitrogens with zero attached hydrogens (tertiary/aromatic N) is 1. The molecular weight excluding hydrogens is 266 g/mol. The smallest absolute Gasteiger partial charge is 0.254 e. The van der Waals surface area contributed by atoms with Crippen LogP contribution in [0.15, 0.2) is 18.2 Å². The lowest BCUT2D eigenvalue weighted by Crippen LogP contribution is -2.50. The maximum atomic E-state index is 12.6. The monoisotopic (exact) mass is 287 g/mol. The zero-order valence-corrected chi connectivity index (χ0v) is 12.1. The molecule has 2 N–H and O–H groups in total. The molecule has 2 fully saturated rings. The van der Waals surface area contributed by atoms with Crippen LogP contribution >= 0.6 is 0 Å². The van der Waals surface area contributed by atoms with Crippen molar-refractivity contribution in [3.8, 4) is 5.75 Å². The summed E-state index contributed by atoms with van der Waals surface area (Å²) in [6.45, 7) is 4.45. The molecular formula is C16H21N3O2. The van der Waals surface area contributed by atoms with E-state index in [4.69, 9.17) is 4.74 Å². The summed E-state index contributed by atoms with van der Waals surface area (Å²) < 4.78 is 6.02. The molecule has 0 aromatic heterocycles. The van der Waals surface area contributed by atoms with E-state index in [1.807, 2.05) is 23.1 Å². The van der Waals surface area contributed by atoms with E-state index in [9.17, 15) is 4.79 Å². The van der Waals surface area contributed by atoms with Crippen molar-refractivity contribution in [3.05, 3.63) is 29.3 Å². The Hall–Kier alpha value is -1.59. The van der Waals surface area contributed by atoms with Crippen molar-refractivity contribution in [3.63, 3.8) is 0 Å². The largest absolute Gasteiger partial charge is 0.487 e. The van der Waals surface area contributed by atoms with Crippen LogP contribution in [0.25, 0.3) is 0 Å². The van der Waals surface area contributed by atoms with Crippen LogP contribution in [0.1, 0.15) is 28.8 Å². The van der Waals surface area contributed by atoms with Crippen LogP contribution in [-0.4, -0.2) is 49.1 Å². The number of carbonyl (C=O) groups excluding carboxylic acids is 1. The molecule has 1 aromatic carbocycles. The third kappa shape index (κ3) is 2.30. The first kappa shape index (κ1) is 13.1. The van der Waals surface area contributed by atoms with Crippen molar-refractivity contribution in [2.75, 3.05) is 26.2 Å². The highest BCUT2D eigenvalue weighted by molar-refractivity contribution is 5.99. The number of hydrogen-bond donors (Lipinski definition) is 2. The molecule has 1 unspecified atom stereocenters. The summed E-state index contributed by atoms with van der Waals surface area (Å²) >= 11 is 0. The van der Waals surface area contributed by atoms with Gasteiger partial charge in [0.25, 0.3) is 5.91 Å². The molecule has 112 valence electrons. The van der Waals surface area contributed by atoms with Crippen LogP contribution in [0.4, 0.5) is 0 Å². The zero-order valence-electron chi connectivity index (χ0n) is 12.1. The van der Waals surface area contributed by atoms with E-state index in [1.165, 1.54) is 0 Å². The first-order chi connectivity index (χ1) is 10.3. The third-order valence-corrected chi connectivity index (χ3v) is 4.70. The van der Waals surface area contributed by atoms with Crippen LogP contribution < -0.4 is 15.4 Å². The molecule has 0 radical (unpaired) electrons. The molecule has 1 atom stereocenters. The Kier molecular flexibility index (Phi) is 3.31. The second kappa shape index (κ2) is 5.31. The van der Waals surface area contributed by atoms with E-state index in [0.717, 1.165) is 55.9 Å². The van der Waals surface area contributed by atoms with E-state index in [2.05, 4.69) is 10.6 Å². The molecule has 1 aromatic rings. The molecule has 3 aliphatic rings. The van der Waals surface area contributed by atoms with E-state index in [1.54, 1.807) is 0 Å². The maximum absolute atomic E-state index is 12.6. The van der Waals surface area contributed by atoms with Crippen molar-refractivity contribution in [2.45, 2.75) is 31.5 Å². The van der Waals surface area contributed by atoms with Crippen molar-refractivity contribution >= 4 is 5.91 Å². The van der Waals surface area contributed by atoms with Gasteiger partial charge >= 0.3 is 0 Å². The second-order valence-electron chi connectivity index (χ2n) is 6.11. The lowest BCUT2D eigenvalue weighted by Gasteiger charge is -2.31. The Morgan fingerprint density at radius 3 is 2.81 bits per heavy atom. The minimum Gasteiger partial charge on any atom is -0.487 e. The van der Waals surface area contributed by atoms with Crippen LogP contribution in [-0.2, 0) is 6.54 Å². The summed E-state index contributed by atoms with van der Waals surface area (Å²) in [7, 11) is 0. The highest BCUT2D eigenvalue weighted by atomic mass is 16.5. The predicted octanol–water partition coefficient (Wildman–Crippen LogP) is 0.745. The molecule has 0 saturated carbocycles. The van der Waals surface area contributed by atoms with Gasteiger partial charge in [0.2, 0.25) is 0 Å². The number of fused-ring (bicyclic) bond motifs is 1. The number of hydrogen-bond acceptors (Lipinski definition) is 4. The quantitative estimate of drug-likeness (QED) is 0.861. The summed E-state index contributed by atoms with van der Waals surface area (Å²) in [6, 6.07) is 6.17. The van der Waals surface area contributed by atoms with Gasteiger partial charge in [-0.2, -0.15) is 0 Å². The fraction of sp³-hybridized carbons (Fsp3) is 0.562. The van der Waals surface area contributed by atoms with E-state index < -0.39 is 0 Å². The number of ether oxygens (including phenoxy) is 1. The average molecular weight is 287 g/mol. The summed E-state index contributed by atoms with van der Waals surface area (Å²) in [5.74, 6) is 1.05. The summed E-state index contributed by atoms with van der Waals surface area (Å²) in [6.07, 6.45) is 2.48. The normalized spacial score (nSPS) is 25.6. The van der Waals surface area contributed by atoms with Gasteiger partial charge in [-0.15, -0.1) is 0 Å². The second-order valence-corrected chi connectivity index (χ2v) is 6.11. The van der Waals surface area contributed by atoms with Gasteiger partial charge < -0.3 is 20.3 Å². The van der Waals surface area contributed by atoms with Crippen LogP contribution in [0, 0.1) is 0 Å². The summed E-state index contributed by atoms with van der Waals surface area (Å²) in [4.78, 5) is 14.7. The number of benzene rings is 1. The topological polar surface area (TPSA) is 53.6 Å². The van der Waals surface area contributed by atoms with Crippen LogP contribution in [0.5, 0.6) is 5.75 Å². The average Bonchev–Trinajstić information content (AvgIpc) is 2.82. The summed E-state index contributed by atoms with van der Waals surface area (Å²) in [5, 5.41) is 6.60. The Bertz CT molecular complexity index is 550. The Labute approximate surface area is 124 Å². The molecule has 21 heavy (non-hydrogen) atoms. The van der Waals surface area contributed by atoms with Crippen molar-refractivity contribution in [1.29, 1.82) is 0 Å². The summed E-state index contributed by atoms with van der Waals surface area (Å²) in [5.41, 5.74) is 1.89. The Morgan fingerprint density at radius 2 is 2.10 bits per heavy atom. The number of nitrogens with one attached hydrogen (secondary N) is 2. The van der Waals surface area contributed by atoms with Crippen LogP contribution in [0.3, 0.4) is 0 Å². The Morgan fingerprint density at radius 1 is 1.19 bits per heavy atom.